The number of hydrogen-bond acceptors (Lipinski definition) is 14. The van der Waals surface area contributed by atoms with Crippen LogP contribution >= 0.6 is 15.9 Å². The molecule has 14 rings (SSSR count). The number of methoxy groups -OCH3 is 3. The molecule has 0 aliphatic heterocycles. The number of carbonyl (C=O) groups excluding carboxylic acids is 3. The first kappa shape index (κ1) is 77.2. The number of rotatable bonds is 12. The fourth-order valence-electron chi connectivity index (χ4n) is 26.9. The van der Waals surface area contributed by atoms with Gasteiger partial charge in [-0.15, -0.1) is 0 Å². The van der Waals surface area contributed by atoms with Crippen LogP contribution in [0.15, 0.2) is 24.8 Å². The zero-order valence-electron chi connectivity index (χ0n) is 62.6. The number of ether oxygens (including phenoxy) is 3. The Hall–Kier alpha value is -3.39. The lowest BCUT2D eigenvalue weighted by atomic mass is 9.42. The zero-order chi connectivity index (χ0) is 71.3. The van der Waals surface area contributed by atoms with Crippen LogP contribution in [0, 0.1) is 162 Å². The van der Waals surface area contributed by atoms with Gasteiger partial charge in [0.05, 0.1) is 52.2 Å². The van der Waals surface area contributed by atoms with Gasteiger partial charge in [-0.1, -0.05) is 57.5 Å². The van der Waals surface area contributed by atoms with E-state index in [0.29, 0.717) is 116 Å². The molecule has 0 unspecified atom stereocenters. The van der Waals surface area contributed by atoms with Crippen LogP contribution in [0.2, 0.25) is 0 Å². The molecule has 16 nitrogen and oxygen atoms in total. The standard InChI is InChI=1S/C28H41N3O3.C24H39BrO3.C24H40O3.C4H3N3.CH4O/c1-26(33)9-10-27(2)20(12-26)11-19(17-34-4)25-22-6-5-21(28(22,3)8-7-23(25)27)24(32)16-31-15-18(13-29)14-30-31;1-22(27)9-10-23(2)16(12-22)11-15(14-28-4)21-18-6-5-17(20(26)13-25)24(18,3)8-7-19(21)23;1-15(25)18-6-7-19-21-16(14-27-5)12-17-13-22(2,26)10-11-23(17,3)20(21)8-9-24(18,19)4;5-1-4-2-6-7-3-4;1-2/h14-15,19-23,25,33H,5-12,16-17H2,1-4H3;15-19,21,27H,5-14H2,1-4H3;16-21,26H,6-14H2,1-5H3;2-3H,(H,6,7);2H,1H3/t19-,20+,21-,22+,23+,25+,26-,27+,28-;15-,16+,17-,18+,19+,21+,22-,23+,24-;16-,17+,18-,19+,20+,21+,22-,23+,24-;;/m111../s1. The van der Waals surface area contributed by atoms with E-state index in [-0.39, 0.29) is 51.7 Å². The summed E-state index contributed by atoms with van der Waals surface area (Å²) in [6.07, 6.45) is 32.6. The summed E-state index contributed by atoms with van der Waals surface area (Å²) in [4.78, 5) is 38.6. The lowest BCUT2D eigenvalue weighted by Crippen LogP contribution is -2.59. The first-order valence-corrected chi connectivity index (χ1v) is 39.5. The van der Waals surface area contributed by atoms with Crippen LogP contribution in [-0.2, 0) is 35.1 Å². The van der Waals surface area contributed by atoms with Gasteiger partial charge in [0, 0.05) is 78.4 Å². The Morgan fingerprint density at radius 2 is 0.878 bits per heavy atom. The second-order valence-electron chi connectivity index (χ2n) is 36.8. The number of aliphatic hydroxyl groups excluding tert-OH is 1. The van der Waals surface area contributed by atoms with E-state index in [1.807, 2.05) is 55.1 Å². The van der Waals surface area contributed by atoms with E-state index in [0.717, 1.165) is 135 Å². The molecule has 12 saturated carbocycles. The highest BCUT2D eigenvalue weighted by molar-refractivity contribution is 9.09. The molecule has 0 amide bonds. The van der Waals surface area contributed by atoms with Crippen LogP contribution < -0.4 is 0 Å². The predicted molar refractivity (Wildman–Crippen MR) is 383 cm³/mol. The SMILES string of the molecule is CO.COC[C@H]1C[C@H]2C[C@](C)(O)CC[C@]2(C)[C@H]2CC[C@]3(C)[C@@H](C(=O)CBr)CC[C@H]3[C@H]12.COC[C@H]1C[C@H]2C[C@](C)(O)CC[C@]2(C)[C@H]2CC[C@]3(C)[C@@H](C(=O)Cn4cc(C#N)cn4)CC[C@H]3[C@H]12.COC[C@H]1C[C@H]2C[C@](C)(O)CC[C@]2(C)[C@H]2CC[C@]3(C)[C@@H](C(C)=O)CC[C@H]3[C@H]12.N#Cc1cn[nH]c1. The van der Waals surface area contributed by atoms with Crippen LogP contribution in [0.1, 0.15) is 234 Å². The van der Waals surface area contributed by atoms with Gasteiger partial charge in [0.2, 0.25) is 0 Å². The molecule has 0 aromatic carbocycles. The molecule has 5 N–H and O–H groups in total. The second kappa shape index (κ2) is 30.0. The van der Waals surface area contributed by atoms with Crippen molar-refractivity contribution >= 4 is 33.3 Å². The minimum absolute atomic E-state index is 0.0266. The highest BCUT2D eigenvalue weighted by atomic mass is 79.9. The second-order valence-corrected chi connectivity index (χ2v) is 37.3. The van der Waals surface area contributed by atoms with E-state index < -0.39 is 16.8 Å². The van der Waals surface area contributed by atoms with Crippen molar-refractivity contribution in [2.24, 2.45) is 139 Å². The third-order valence-corrected chi connectivity index (χ3v) is 32.2. The first-order chi connectivity index (χ1) is 46.3. The molecule has 0 saturated heterocycles. The van der Waals surface area contributed by atoms with Crippen LogP contribution in [0.5, 0.6) is 0 Å². The summed E-state index contributed by atoms with van der Waals surface area (Å²) < 4.78 is 18.9. The van der Waals surface area contributed by atoms with Crippen molar-refractivity contribution in [2.75, 3.05) is 53.6 Å². The summed E-state index contributed by atoms with van der Waals surface area (Å²) in [5, 5.41) is 67.4. The number of aromatic amines is 1. The molecule has 12 fully saturated rings. The van der Waals surface area contributed by atoms with Crippen LogP contribution in [0.25, 0.3) is 0 Å². The van der Waals surface area contributed by atoms with Crippen molar-refractivity contribution < 1.29 is 49.0 Å². The molecular weight excluding hydrogens is 1300 g/mol. The molecular formula is C81H127BrN6O10. The van der Waals surface area contributed by atoms with Crippen molar-refractivity contribution in [1.82, 2.24) is 20.0 Å². The number of nitrogens with zero attached hydrogens (tertiary/aromatic N) is 5. The first-order valence-electron chi connectivity index (χ1n) is 38.3. The maximum atomic E-state index is 13.5. The summed E-state index contributed by atoms with van der Waals surface area (Å²) in [7, 11) is 6.50. The van der Waals surface area contributed by atoms with E-state index in [9.17, 15) is 29.7 Å². The largest absolute Gasteiger partial charge is 0.400 e. The number of aliphatic hydroxyl groups is 4. The van der Waals surface area contributed by atoms with Crippen LogP contribution in [0.3, 0.4) is 0 Å². The maximum absolute atomic E-state index is 13.5. The molecule has 548 valence electrons. The summed E-state index contributed by atoms with van der Waals surface area (Å²) in [5.74, 6) is 11.0. The molecule has 27 atom stereocenters. The van der Waals surface area contributed by atoms with Crippen molar-refractivity contribution in [3.8, 4) is 12.1 Å². The molecule has 0 bridgehead atoms. The molecule has 2 aromatic heterocycles. The molecule has 17 heteroatoms. The highest BCUT2D eigenvalue weighted by Crippen LogP contribution is 2.73. The number of Topliss-reactive ketones (excluding diaryl/α,β-unsaturated/α-hetero) is 3. The quantitative estimate of drug-likeness (QED) is 0.124. The van der Waals surface area contributed by atoms with Gasteiger partial charge in [-0.3, -0.25) is 24.2 Å². The van der Waals surface area contributed by atoms with Gasteiger partial charge >= 0.3 is 0 Å². The van der Waals surface area contributed by atoms with Gasteiger partial charge in [0.1, 0.15) is 23.7 Å². The van der Waals surface area contributed by atoms with Crippen molar-refractivity contribution in [2.45, 2.75) is 247 Å². The summed E-state index contributed by atoms with van der Waals surface area (Å²) >= 11 is 3.44. The lowest BCUT2D eigenvalue weighted by Gasteiger charge is -2.64. The number of nitriles is 2. The fraction of sp³-hybridized carbons (Fsp3) is 0.864. The molecule has 12 aliphatic rings. The Kier molecular flexibility index (Phi) is 23.6. The molecule has 0 radical (unpaired) electrons. The smallest absolute Gasteiger partial charge is 0.157 e. The Morgan fingerprint density at radius 3 is 1.19 bits per heavy atom. The Morgan fingerprint density at radius 1 is 0.520 bits per heavy atom. The number of hydrogen-bond donors (Lipinski definition) is 5. The number of H-pyrrole nitrogens is 1. The molecule has 0 spiro atoms. The predicted octanol–water partition coefficient (Wildman–Crippen LogP) is 14.6. The number of fused-ring (bicyclic) bond motifs is 15. The normalized spacial score (nSPS) is 46.7. The molecule has 2 aromatic rings. The molecule has 2 heterocycles. The molecule has 98 heavy (non-hydrogen) atoms. The van der Waals surface area contributed by atoms with Crippen LogP contribution in [-0.4, -0.2) is 128 Å². The highest BCUT2D eigenvalue weighted by Gasteiger charge is 2.68. The van der Waals surface area contributed by atoms with E-state index in [1.54, 1.807) is 17.1 Å². The summed E-state index contributed by atoms with van der Waals surface area (Å²) in [6, 6.07) is 4.01. The van der Waals surface area contributed by atoms with E-state index in [4.69, 9.17) is 29.8 Å². The topological polar surface area (TPSA) is 254 Å². The van der Waals surface area contributed by atoms with Crippen LogP contribution in [0.4, 0.5) is 0 Å². The minimum atomic E-state index is -0.541. The van der Waals surface area contributed by atoms with E-state index in [2.05, 4.69) is 78.8 Å². The van der Waals surface area contributed by atoms with Crippen molar-refractivity contribution in [3.63, 3.8) is 0 Å². The summed E-state index contributed by atoms with van der Waals surface area (Å²) in [6.45, 7) is 25.5. The monoisotopic (exact) mass is 1420 g/mol. The minimum Gasteiger partial charge on any atom is -0.400 e. The Bertz CT molecular complexity index is 3160. The van der Waals surface area contributed by atoms with Gasteiger partial charge in [-0.2, -0.15) is 20.7 Å². The van der Waals surface area contributed by atoms with Gasteiger partial charge in [-0.25, -0.2) is 0 Å². The van der Waals surface area contributed by atoms with E-state index >= 15 is 0 Å². The van der Waals surface area contributed by atoms with Gasteiger partial charge in [-0.05, 0) is 303 Å². The zero-order valence-corrected chi connectivity index (χ0v) is 64.1. The number of aromatic nitrogens is 4. The Labute approximate surface area is 596 Å². The van der Waals surface area contributed by atoms with Crippen molar-refractivity contribution in [3.05, 3.63) is 35.9 Å². The maximum Gasteiger partial charge on any atom is 0.157 e. The van der Waals surface area contributed by atoms with E-state index in [1.165, 1.54) is 70.2 Å². The third kappa shape index (κ3) is 14.4. The number of carbonyl (C=O) groups is 3. The number of halogens is 1. The van der Waals surface area contributed by atoms with Gasteiger partial charge in [0.25, 0.3) is 0 Å². The Balaban J connectivity index is 0.000000150. The molecule has 12 aliphatic carbocycles. The fourth-order valence-corrected chi connectivity index (χ4v) is 27.3. The third-order valence-electron chi connectivity index (χ3n) is 31.6. The van der Waals surface area contributed by atoms with Gasteiger partial charge in [0.15, 0.2) is 5.78 Å². The average molecular weight is 1420 g/mol. The van der Waals surface area contributed by atoms with Gasteiger partial charge < -0.3 is 34.6 Å². The summed E-state index contributed by atoms with van der Waals surface area (Å²) in [5.41, 5.74) is 0.904. The number of alkyl halides is 1. The average Bonchev–Trinajstić information content (AvgIpc) is 1.31. The number of ketones is 3. The lowest BCUT2D eigenvalue weighted by molar-refractivity contribution is -0.175. The van der Waals surface area contributed by atoms with Crippen molar-refractivity contribution in [1.29, 1.82) is 10.5 Å². The number of nitrogens with one attached hydrogen (secondary N) is 1.